The third-order valence-corrected chi connectivity index (χ3v) is 2.80. The molecule has 0 unspecified atom stereocenters. The first-order valence-electron chi connectivity index (χ1n) is 6.07. The van der Waals surface area contributed by atoms with Crippen molar-refractivity contribution in [2.45, 2.75) is 70.9 Å². The van der Waals surface area contributed by atoms with Crippen molar-refractivity contribution in [2.24, 2.45) is 0 Å². The number of unbranched alkanes of at least 4 members (excludes halogenated alkanes) is 3. The Labute approximate surface area is 93.7 Å². The van der Waals surface area contributed by atoms with E-state index in [2.05, 4.69) is 13.5 Å². The van der Waals surface area contributed by atoms with Crippen LogP contribution in [-0.4, -0.2) is 18.0 Å². The fourth-order valence-electron chi connectivity index (χ4n) is 2.06. The Morgan fingerprint density at radius 1 is 1.20 bits per heavy atom. The van der Waals surface area contributed by atoms with Crippen molar-refractivity contribution < 1.29 is 9.47 Å². The molecule has 0 aliphatic carbocycles. The van der Waals surface area contributed by atoms with Gasteiger partial charge in [0.1, 0.15) is 6.10 Å². The lowest BCUT2D eigenvalue weighted by Crippen LogP contribution is -2.21. The molecule has 15 heavy (non-hydrogen) atoms. The third-order valence-electron chi connectivity index (χ3n) is 2.80. The van der Waals surface area contributed by atoms with Gasteiger partial charge in [-0.15, -0.1) is 6.58 Å². The number of hydrogen-bond donors (Lipinski definition) is 0. The first kappa shape index (κ1) is 12.7. The second-order valence-corrected chi connectivity index (χ2v) is 4.72. The van der Waals surface area contributed by atoms with Crippen molar-refractivity contribution in [1.82, 2.24) is 0 Å². The van der Waals surface area contributed by atoms with Gasteiger partial charge in [0, 0.05) is 0 Å². The maximum atomic E-state index is 5.84. The van der Waals surface area contributed by atoms with E-state index in [0.717, 1.165) is 6.42 Å². The molecule has 0 radical (unpaired) electrons. The highest BCUT2D eigenvalue weighted by molar-refractivity contribution is 4.92. The van der Waals surface area contributed by atoms with Crippen LogP contribution in [0.4, 0.5) is 0 Å². The molecule has 1 aliphatic heterocycles. The van der Waals surface area contributed by atoms with Crippen LogP contribution in [-0.2, 0) is 9.47 Å². The minimum atomic E-state index is -0.436. The zero-order chi connectivity index (χ0) is 11.3. The minimum absolute atomic E-state index is 0.0710. The standard InChI is InChI=1S/C13H24O2/c1-5-7-8-9-10-12-11(6-2)14-13(3,4)15-12/h6,11-12H,2,5,7-10H2,1,3-4H3/t11-,12-/m0/s1. The largest absolute Gasteiger partial charge is 0.344 e. The fourth-order valence-corrected chi connectivity index (χ4v) is 2.06. The highest BCUT2D eigenvalue weighted by atomic mass is 16.7. The molecule has 1 rings (SSSR count). The van der Waals surface area contributed by atoms with Crippen molar-refractivity contribution in [1.29, 1.82) is 0 Å². The Morgan fingerprint density at radius 2 is 1.93 bits per heavy atom. The van der Waals surface area contributed by atoms with E-state index in [-0.39, 0.29) is 12.2 Å². The smallest absolute Gasteiger partial charge is 0.164 e. The molecule has 0 amide bonds. The first-order valence-corrected chi connectivity index (χ1v) is 6.07. The summed E-state index contributed by atoms with van der Waals surface area (Å²) in [7, 11) is 0. The van der Waals surface area contributed by atoms with Gasteiger partial charge >= 0.3 is 0 Å². The van der Waals surface area contributed by atoms with Crippen LogP contribution in [0.2, 0.25) is 0 Å². The van der Waals surface area contributed by atoms with Crippen LogP contribution in [0.1, 0.15) is 52.9 Å². The number of hydrogen-bond acceptors (Lipinski definition) is 2. The zero-order valence-corrected chi connectivity index (χ0v) is 10.3. The molecular formula is C13H24O2. The van der Waals surface area contributed by atoms with Crippen molar-refractivity contribution in [2.75, 3.05) is 0 Å². The lowest BCUT2D eigenvalue weighted by atomic mass is 10.1. The zero-order valence-electron chi connectivity index (χ0n) is 10.3. The molecule has 0 bridgehead atoms. The predicted octanol–water partition coefficient (Wildman–Crippen LogP) is 3.66. The third kappa shape index (κ3) is 3.96. The molecule has 0 aromatic carbocycles. The summed E-state index contributed by atoms with van der Waals surface area (Å²) < 4.78 is 11.6. The summed E-state index contributed by atoms with van der Waals surface area (Å²) in [6.45, 7) is 9.96. The molecule has 0 aromatic rings. The van der Waals surface area contributed by atoms with Crippen LogP contribution < -0.4 is 0 Å². The van der Waals surface area contributed by atoms with E-state index < -0.39 is 5.79 Å². The Kier molecular flexibility index (Phi) is 4.81. The summed E-state index contributed by atoms with van der Waals surface area (Å²) in [6.07, 6.45) is 8.33. The van der Waals surface area contributed by atoms with Gasteiger partial charge in [0.2, 0.25) is 0 Å². The quantitative estimate of drug-likeness (QED) is 0.494. The van der Waals surface area contributed by atoms with E-state index in [0.29, 0.717) is 0 Å². The van der Waals surface area contributed by atoms with Gasteiger partial charge in [-0.25, -0.2) is 0 Å². The molecule has 88 valence electrons. The van der Waals surface area contributed by atoms with E-state index in [9.17, 15) is 0 Å². The Balaban J connectivity index is 2.30. The van der Waals surface area contributed by atoms with Crippen LogP contribution in [0.3, 0.4) is 0 Å². The number of rotatable bonds is 6. The van der Waals surface area contributed by atoms with Gasteiger partial charge in [-0.2, -0.15) is 0 Å². The topological polar surface area (TPSA) is 18.5 Å². The van der Waals surface area contributed by atoms with Gasteiger partial charge in [0.25, 0.3) is 0 Å². The second-order valence-electron chi connectivity index (χ2n) is 4.72. The summed E-state index contributed by atoms with van der Waals surface area (Å²) in [4.78, 5) is 0. The summed E-state index contributed by atoms with van der Waals surface area (Å²) in [5.74, 6) is -0.436. The molecule has 2 nitrogen and oxygen atoms in total. The molecule has 1 heterocycles. The molecule has 0 aromatic heterocycles. The molecule has 0 N–H and O–H groups in total. The van der Waals surface area contributed by atoms with Crippen LogP contribution in [0.15, 0.2) is 12.7 Å². The summed E-state index contributed by atoms with van der Waals surface area (Å²) in [5.41, 5.74) is 0. The monoisotopic (exact) mass is 212 g/mol. The van der Waals surface area contributed by atoms with Gasteiger partial charge in [-0.3, -0.25) is 0 Å². The highest BCUT2D eigenvalue weighted by Crippen LogP contribution is 2.31. The molecule has 1 fully saturated rings. The Bertz CT molecular complexity index is 199. The lowest BCUT2D eigenvalue weighted by molar-refractivity contribution is -0.143. The summed E-state index contributed by atoms with van der Waals surface area (Å²) in [6, 6.07) is 0. The van der Waals surface area contributed by atoms with Gasteiger partial charge in [-0.05, 0) is 20.3 Å². The first-order chi connectivity index (χ1) is 7.09. The summed E-state index contributed by atoms with van der Waals surface area (Å²) in [5, 5.41) is 0. The van der Waals surface area contributed by atoms with E-state index in [1.54, 1.807) is 0 Å². The maximum Gasteiger partial charge on any atom is 0.164 e. The van der Waals surface area contributed by atoms with Crippen LogP contribution >= 0.6 is 0 Å². The van der Waals surface area contributed by atoms with Gasteiger partial charge in [-0.1, -0.05) is 38.7 Å². The molecule has 1 saturated heterocycles. The second kappa shape index (κ2) is 5.66. The molecule has 0 spiro atoms. The summed E-state index contributed by atoms with van der Waals surface area (Å²) >= 11 is 0. The van der Waals surface area contributed by atoms with Gasteiger partial charge < -0.3 is 9.47 Å². The Morgan fingerprint density at radius 3 is 2.53 bits per heavy atom. The normalized spacial score (nSPS) is 29.3. The van der Waals surface area contributed by atoms with Crippen LogP contribution in [0.5, 0.6) is 0 Å². The molecule has 2 heteroatoms. The van der Waals surface area contributed by atoms with Gasteiger partial charge in [0.05, 0.1) is 6.10 Å². The molecule has 0 saturated carbocycles. The van der Waals surface area contributed by atoms with Crippen molar-refractivity contribution in [3.8, 4) is 0 Å². The van der Waals surface area contributed by atoms with E-state index in [1.807, 2.05) is 19.9 Å². The Hall–Kier alpha value is -0.340. The SMILES string of the molecule is C=C[C@@H]1OC(C)(C)O[C@H]1CCCCCC. The average Bonchev–Trinajstić information content (AvgIpc) is 2.48. The fraction of sp³-hybridized carbons (Fsp3) is 0.846. The maximum absolute atomic E-state index is 5.84. The molecule has 1 aliphatic rings. The molecule has 2 atom stereocenters. The van der Waals surface area contributed by atoms with Crippen molar-refractivity contribution in [3.05, 3.63) is 12.7 Å². The van der Waals surface area contributed by atoms with Crippen LogP contribution in [0.25, 0.3) is 0 Å². The van der Waals surface area contributed by atoms with E-state index in [1.165, 1.54) is 25.7 Å². The number of ether oxygens (including phenoxy) is 2. The van der Waals surface area contributed by atoms with E-state index >= 15 is 0 Å². The van der Waals surface area contributed by atoms with Crippen LogP contribution in [0, 0.1) is 0 Å². The van der Waals surface area contributed by atoms with Crippen molar-refractivity contribution >= 4 is 0 Å². The molecular weight excluding hydrogens is 188 g/mol. The highest BCUT2D eigenvalue weighted by Gasteiger charge is 2.38. The minimum Gasteiger partial charge on any atom is -0.344 e. The van der Waals surface area contributed by atoms with Crippen molar-refractivity contribution in [3.63, 3.8) is 0 Å². The average molecular weight is 212 g/mol. The van der Waals surface area contributed by atoms with Gasteiger partial charge in [0.15, 0.2) is 5.79 Å². The van der Waals surface area contributed by atoms with E-state index in [4.69, 9.17) is 9.47 Å². The lowest BCUT2D eigenvalue weighted by Gasteiger charge is -2.16. The predicted molar refractivity (Wildman–Crippen MR) is 62.8 cm³/mol.